The number of carbonyl (C=O) groups excluding carboxylic acids is 4. The molecule has 0 radical (unpaired) electrons. The normalized spacial score (nSPS) is 35.0. The molecule has 11 heteroatoms. The number of rotatable bonds is 11. The van der Waals surface area contributed by atoms with Crippen molar-refractivity contribution in [2.75, 3.05) is 13.7 Å². The van der Waals surface area contributed by atoms with E-state index in [0.717, 1.165) is 57.0 Å². The van der Waals surface area contributed by atoms with E-state index in [1.165, 1.54) is 39.2 Å². The molecule has 2 heterocycles. The zero-order valence-corrected chi connectivity index (χ0v) is 31.4. The van der Waals surface area contributed by atoms with Gasteiger partial charge in [0.05, 0.1) is 42.5 Å². The molecule has 8 aliphatic rings. The summed E-state index contributed by atoms with van der Waals surface area (Å²) in [6.45, 7) is 9.48. The third-order valence-corrected chi connectivity index (χ3v) is 14.0. The quantitative estimate of drug-likeness (QED) is 0.120. The van der Waals surface area contributed by atoms with E-state index < -0.39 is 34.8 Å². The highest BCUT2D eigenvalue weighted by Crippen LogP contribution is 2.56. The third kappa shape index (κ3) is 11.7. The molecule has 0 aromatic rings. The molecule has 6 saturated carbocycles. The number of methoxy groups -OCH3 is 1. The fourth-order valence-electron chi connectivity index (χ4n) is 11.0. The average Bonchev–Trinajstić information content (AvgIpc) is 3.71. The molecule has 14 unspecified atom stereocenters. The van der Waals surface area contributed by atoms with E-state index in [4.69, 9.17) is 33.6 Å². The number of aliphatic carboxylic acids is 1. The fraction of sp³-hybridized carbons (Fsp3) is 0.891. The van der Waals surface area contributed by atoms with Crippen LogP contribution < -0.4 is 0 Å². The molecule has 1 N–H and O–H groups in total. The second-order valence-electron chi connectivity index (χ2n) is 18.0. The Morgan fingerprint density at radius 3 is 1.82 bits per heavy atom. The summed E-state index contributed by atoms with van der Waals surface area (Å²) in [6, 6.07) is 0. The number of hydrogen-bond donors (Lipinski definition) is 1. The summed E-state index contributed by atoms with van der Waals surface area (Å²) >= 11 is 0. The minimum Gasteiger partial charge on any atom is -0.481 e. The van der Waals surface area contributed by atoms with Gasteiger partial charge < -0.3 is 28.8 Å². The largest absolute Gasteiger partial charge is 0.481 e. The Morgan fingerprint density at radius 2 is 1.35 bits per heavy atom. The van der Waals surface area contributed by atoms with E-state index in [-0.39, 0.29) is 105 Å². The number of epoxide rings is 1. The highest BCUT2D eigenvalue weighted by atomic mass is 16.6. The lowest BCUT2D eigenvalue weighted by Gasteiger charge is -2.35. The van der Waals surface area contributed by atoms with Crippen LogP contribution in [0.15, 0.2) is 0 Å². The van der Waals surface area contributed by atoms with E-state index >= 15 is 0 Å². The number of ether oxygens (including phenoxy) is 5. The molecule has 0 aromatic carbocycles. The van der Waals surface area contributed by atoms with Gasteiger partial charge in [0.2, 0.25) is 0 Å². The van der Waals surface area contributed by atoms with Crippen molar-refractivity contribution in [3.8, 4) is 0 Å². The van der Waals surface area contributed by atoms with E-state index in [0.29, 0.717) is 30.8 Å². The lowest BCUT2D eigenvalue weighted by atomic mass is 9.73. The summed E-state index contributed by atoms with van der Waals surface area (Å²) in [7, 11) is 1.33. The van der Waals surface area contributed by atoms with Gasteiger partial charge in [0, 0.05) is 18.8 Å². The second-order valence-corrected chi connectivity index (χ2v) is 18.0. The molecular weight excluding hydrogens is 728 g/mol. The summed E-state index contributed by atoms with van der Waals surface area (Å²) in [5.74, 6) is 1.73. The molecule has 14 atom stereocenters. The molecule has 0 aromatic heterocycles. The molecule has 0 spiro atoms. The Kier molecular flexibility index (Phi) is 20.5. The molecule has 2 saturated heterocycles. The van der Waals surface area contributed by atoms with Crippen LogP contribution in [-0.4, -0.2) is 73.1 Å². The number of esters is 4. The van der Waals surface area contributed by atoms with E-state index in [1.807, 2.05) is 13.8 Å². The summed E-state index contributed by atoms with van der Waals surface area (Å²) in [6.07, 6.45) is 12.8. The highest BCUT2D eigenvalue weighted by molar-refractivity contribution is 5.81. The van der Waals surface area contributed by atoms with Gasteiger partial charge in [-0.15, -0.1) is 0 Å². The molecule has 6 aliphatic carbocycles. The van der Waals surface area contributed by atoms with Gasteiger partial charge in [0.1, 0.15) is 18.3 Å². The summed E-state index contributed by atoms with van der Waals surface area (Å²) in [5.41, 5.74) is -1.86. The lowest BCUT2D eigenvalue weighted by Crippen LogP contribution is -2.42. The van der Waals surface area contributed by atoms with Gasteiger partial charge in [-0.2, -0.15) is 0 Å². The van der Waals surface area contributed by atoms with Crippen LogP contribution in [0.1, 0.15) is 163 Å². The summed E-state index contributed by atoms with van der Waals surface area (Å²) in [4.78, 5) is 60.7. The van der Waals surface area contributed by atoms with Crippen molar-refractivity contribution in [1.82, 2.24) is 0 Å². The highest BCUT2D eigenvalue weighted by Gasteiger charge is 2.63. The van der Waals surface area contributed by atoms with Crippen LogP contribution in [0.2, 0.25) is 0 Å². The second kappa shape index (κ2) is 21.5. The van der Waals surface area contributed by atoms with Crippen molar-refractivity contribution in [2.24, 2.45) is 64.1 Å². The first-order valence-electron chi connectivity index (χ1n) is 19.6. The van der Waals surface area contributed by atoms with Crippen molar-refractivity contribution in [1.29, 1.82) is 0 Å². The van der Waals surface area contributed by atoms with Crippen molar-refractivity contribution in [3.05, 3.63) is 0 Å². The predicted molar refractivity (Wildman–Crippen MR) is 224 cm³/mol. The average molecular weight is 813 g/mol. The van der Waals surface area contributed by atoms with Crippen molar-refractivity contribution in [2.45, 2.75) is 187 Å². The number of fused-ring (bicyclic) bond motifs is 5. The fourth-order valence-corrected chi connectivity index (χ4v) is 11.0. The summed E-state index contributed by atoms with van der Waals surface area (Å²) < 4.78 is 28.0. The zero-order valence-electron chi connectivity index (χ0n) is 31.4. The van der Waals surface area contributed by atoms with Crippen LogP contribution in [0.4, 0.5) is 0 Å². The van der Waals surface area contributed by atoms with Gasteiger partial charge >= 0.3 is 23.9 Å². The maximum atomic E-state index is 13.5. The Balaban J connectivity index is 0.00000132. The van der Waals surface area contributed by atoms with Gasteiger partial charge in [-0.1, -0.05) is 57.9 Å². The predicted octanol–water partition coefficient (Wildman–Crippen LogP) is 9.95. The van der Waals surface area contributed by atoms with Gasteiger partial charge in [-0.05, 0) is 127 Å². The number of carbonyl (C=O) groups is 5. The summed E-state index contributed by atoms with van der Waals surface area (Å²) in [5, 5.41) is 7.42. The Morgan fingerprint density at radius 1 is 0.772 bits per heavy atom. The molecule has 57 heavy (non-hydrogen) atoms. The molecule has 8 fully saturated rings. The molecule has 334 valence electrons. The Labute approximate surface area is 346 Å². The minimum atomic E-state index is -0.951. The van der Waals surface area contributed by atoms with Gasteiger partial charge in [0.15, 0.2) is 0 Å². The van der Waals surface area contributed by atoms with Gasteiger partial charge in [-0.25, -0.2) is 0 Å². The van der Waals surface area contributed by atoms with E-state index in [2.05, 4.69) is 0 Å². The van der Waals surface area contributed by atoms with E-state index in [9.17, 15) is 19.2 Å². The third-order valence-electron chi connectivity index (χ3n) is 14.0. The van der Waals surface area contributed by atoms with Gasteiger partial charge in [-0.3, -0.25) is 24.0 Å². The number of carboxylic acids is 1. The van der Waals surface area contributed by atoms with Crippen molar-refractivity contribution in [3.63, 3.8) is 0 Å². The monoisotopic (exact) mass is 813 g/mol. The number of hydrogen-bond acceptors (Lipinski definition) is 10. The minimum absolute atomic E-state index is 0. The smallest absolute Gasteiger partial charge is 0.312 e. The molecule has 6 bridgehead atoms. The lowest BCUT2D eigenvalue weighted by molar-refractivity contribution is -0.174. The Bertz CT molecular complexity index is 1340. The standard InChI is InChI=1S/C29H42O8.C9H14O.C2H4O2.6CH4/c1-6-29(4,27(33)37-22-17-11-19-20(12-17)25(31)36-23(19)22)14-18(24(30)34-5)13-28(2,3)26(32)35-21-10-15-7-8-16(21)9-15;1-2-7-3-6(1)4-8(7)9-5-10-9;1-2(3)4;;;;;;/h15-23H,6-14H2,1-5H3;6-9H,1-5H2;1H3,(H,3,4);6*1H4. The topological polar surface area (TPSA) is 155 Å². The van der Waals surface area contributed by atoms with Crippen molar-refractivity contribution >= 4 is 29.8 Å². The maximum absolute atomic E-state index is 13.5. The first-order valence-corrected chi connectivity index (χ1v) is 19.6. The molecule has 2 aliphatic heterocycles. The SMILES string of the molecule is C.C.C.C.C.C.C1CC2CC1CC2C1CO1.CC(=O)O.CCC(C)(CC(CC(C)(C)C(=O)OC1CC2CCC1C2)C(=O)OC)C(=O)OC1C2CC3C(=O)OC1C3C2. The Hall–Kier alpha value is -2.69. The maximum Gasteiger partial charge on any atom is 0.312 e. The molecular formula is C46H84O11. The van der Waals surface area contributed by atoms with Gasteiger partial charge in [0.25, 0.3) is 5.97 Å². The van der Waals surface area contributed by atoms with Crippen LogP contribution >= 0.6 is 0 Å². The zero-order chi connectivity index (χ0) is 36.8. The molecule has 0 amide bonds. The van der Waals surface area contributed by atoms with Crippen LogP contribution in [0.25, 0.3) is 0 Å². The first kappa shape index (κ1) is 54.3. The van der Waals surface area contributed by atoms with Crippen LogP contribution in [0, 0.1) is 64.1 Å². The molecule has 11 nitrogen and oxygen atoms in total. The van der Waals surface area contributed by atoms with Crippen LogP contribution in [0.5, 0.6) is 0 Å². The first-order chi connectivity index (χ1) is 24.1. The van der Waals surface area contributed by atoms with Crippen LogP contribution in [0.3, 0.4) is 0 Å². The molecule has 8 rings (SSSR count). The number of carboxylic acid groups (broad SMARTS) is 1. The van der Waals surface area contributed by atoms with E-state index in [1.54, 1.807) is 13.8 Å². The van der Waals surface area contributed by atoms with Crippen molar-refractivity contribution < 1.29 is 52.8 Å². The van der Waals surface area contributed by atoms with Crippen LogP contribution in [-0.2, 0) is 47.7 Å².